The van der Waals surface area contributed by atoms with Crippen LogP contribution in [0, 0.1) is 11.8 Å². The van der Waals surface area contributed by atoms with E-state index in [0.717, 1.165) is 103 Å². The molecule has 0 radical (unpaired) electrons. The third-order valence-corrected chi connectivity index (χ3v) is 14.8. The Bertz CT molecular complexity index is 1210. The average Bonchev–Trinajstić information content (AvgIpc) is 3.91. The fourth-order valence-corrected chi connectivity index (χ4v) is 10.0. The molecule has 0 aromatic carbocycles. The summed E-state index contributed by atoms with van der Waals surface area (Å²) in [5.74, 6) is 1.01. The van der Waals surface area contributed by atoms with Crippen molar-refractivity contribution < 1.29 is 42.6 Å². The van der Waals surface area contributed by atoms with Crippen molar-refractivity contribution in [1.82, 2.24) is 0 Å². The Morgan fingerprint density at radius 2 is 1.24 bits per heavy atom. The van der Waals surface area contributed by atoms with Gasteiger partial charge >= 0.3 is 0 Å². The minimum absolute atomic E-state index is 0.0144. The first kappa shape index (κ1) is 38.9. The molecule has 7 aliphatic rings. The van der Waals surface area contributed by atoms with Crippen molar-refractivity contribution in [3.8, 4) is 0 Å². The summed E-state index contributed by atoms with van der Waals surface area (Å²) in [5, 5.41) is 0. The summed E-state index contributed by atoms with van der Waals surface area (Å²) in [4.78, 5) is 0. The second-order valence-corrected chi connectivity index (χ2v) is 19.4. The molecule has 2 aliphatic carbocycles. The summed E-state index contributed by atoms with van der Waals surface area (Å²) in [6, 6.07) is 0. The minimum Gasteiger partial charge on any atom is -0.382 e. The van der Waals surface area contributed by atoms with Crippen LogP contribution in [0.1, 0.15) is 146 Å². The molecular weight excluding hydrogens is 648 g/mol. The zero-order valence-corrected chi connectivity index (χ0v) is 33.7. The molecule has 9 nitrogen and oxygen atoms in total. The molecule has 2 saturated carbocycles. The molecule has 0 amide bonds. The lowest BCUT2D eigenvalue weighted by atomic mass is 9.71. The Morgan fingerprint density at radius 3 is 1.82 bits per heavy atom. The van der Waals surface area contributed by atoms with Gasteiger partial charge in [0, 0.05) is 19.8 Å². The van der Waals surface area contributed by atoms with Crippen LogP contribution in [0.3, 0.4) is 0 Å². The molecule has 5 aliphatic heterocycles. The number of epoxide rings is 5. The molecule has 5 saturated heterocycles. The van der Waals surface area contributed by atoms with Crippen LogP contribution in [0.4, 0.5) is 0 Å². The van der Waals surface area contributed by atoms with E-state index in [0.29, 0.717) is 56.1 Å². The maximum absolute atomic E-state index is 6.71. The molecule has 294 valence electrons. The van der Waals surface area contributed by atoms with E-state index in [1.807, 2.05) is 6.92 Å². The van der Waals surface area contributed by atoms with E-state index in [4.69, 9.17) is 42.6 Å². The predicted molar refractivity (Wildman–Crippen MR) is 195 cm³/mol. The molecular formula is C42H72O9. The Balaban J connectivity index is 0.816. The summed E-state index contributed by atoms with van der Waals surface area (Å²) in [6.07, 6.45) is 15.4. The van der Waals surface area contributed by atoms with Crippen LogP contribution in [-0.4, -0.2) is 109 Å². The number of hydrogen-bond acceptors (Lipinski definition) is 9. The van der Waals surface area contributed by atoms with Gasteiger partial charge in [-0.1, -0.05) is 0 Å². The SMILES string of the molecule is CCOCCCOC(C)(CCC1OC1(C)C)C1CCC2(CCC3(C)OC3COCCOC(C)(CCC3OC3(C)C)C3CCC4(C)OC4C3)OC2C1. The van der Waals surface area contributed by atoms with Crippen LogP contribution in [-0.2, 0) is 42.6 Å². The van der Waals surface area contributed by atoms with Gasteiger partial charge in [-0.15, -0.1) is 0 Å². The van der Waals surface area contributed by atoms with Crippen molar-refractivity contribution in [3.05, 3.63) is 0 Å². The quantitative estimate of drug-likeness (QED) is 0.0776. The van der Waals surface area contributed by atoms with E-state index >= 15 is 0 Å². The van der Waals surface area contributed by atoms with E-state index < -0.39 is 0 Å². The second kappa shape index (κ2) is 14.3. The smallest absolute Gasteiger partial charge is 0.110 e. The average molecular weight is 721 g/mol. The highest BCUT2D eigenvalue weighted by atomic mass is 16.6. The van der Waals surface area contributed by atoms with Crippen LogP contribution in [0.2, 0.25) is 0 Å². The van der Waals surface area contributed by atoms with E-state index in [1.165, 1.54) is 0 Å². The van der Waals surface area contributed by atoms with Gasteiger partial charge in [-0.25, -0.2) is 0 Å². The van der Waals surface area contributed by atoms with Crippen molar-refractivity contribution in [2.75, 3.05) is 39.6 Å². The summed E-state index contributed by atoms with van der Waals surface area (Å²) < 4.78 is 55.8. The maximum atomic E-state index is 6.71. The van der Waals surface area contributed by atoms with Crippen LogP contribution < -0.4 is 0 Å². The second-order valence-electron chi connectivity index (χ2n) is 19.4. The lowest BCUT2D eigenvalue weighted by Gasteiger charge is -2.40. The first-order chi connectivity index (χ1) is 24.0. The van der Waals surface area contributed by atoms with Crippen molar-refractivity contribution in [2.24, 2.45) is 11.8 Å². The van der Waals surface area contributed by atoms with Crippen LogP contribution in [0.5, 0.6) is 0 Å². The summed E-state index contributed by atoms with van der Waals surface area (Å²) in [6.45, 7) is 24.1. The van der Waals surface area contributed by atoms with E-state index in [-0.39, 0.29) is 45.3 Å². The molecule has 51 heavy (non-hydrogen) atoms. The van der Waals surface area contributed by atoms with Crippen molar-refractivity contribution in [1.29, 1.82) is 0 Å². The maximum Gasteiger partial charge on any atom is 0.110 e. The van der Waals surface area contributed by atoms with Gasteiger partial charge in [-0.05, 0) is 158 Å². The summed E-state index contributed by atoms with van der Waals surface area (Å²) in [7, 11) is 0. The number of fused-ring (bicyclic) bond motifs is 2. The summed E-state index contributed by atoms with van der Waals surface area (Å²) in [5.41, 5.74) is -0.290. The molecule has 12 unspecified atom stereocenters. The largest absolute Gasteiger partial charge is 0.382 e. The zero-order valence-electron chi connectivity index (χ0n) is 33.7. The molecule has 0 aromatic rings. The van der Waals surface area contributed by atoms with Gasteiger partial charge in [-0.2, -0.15) is 0 Å². The molecule has 0 bridgehead atoms. The van der Waals surface area contributed by atoms with Crippen LogP contribution in [0.25, 0.3) is 0 Å². The molecule has 7 rings (SSSR count). The first-order valence-corrected chi connectivity index (χ1v) is 20.9. The molecule has 7 fully saturated rings. The third-order valence-electron chi connectivity index (χ3n) is 14.8. The molecule has 5 heterocycles. The number of rotatable bonds is 23. The van der Waals surface area contributed by atoms with Crippen molar-refractivity contribution in [2.45, 2.75) is 216 Å². The van der Waals surface area contributed by atoms with Crippen LogP contribution >= 0.6 is 0 Å². The number of hydrogen-bond donors (Lipinski definition) is 0. The first-order valence-electron chi connectivity index (χ1n) is 20.9. The molecule has 12 atom stereocenters. The Hall–Kier alpha value is -0.360. The molecule has 0 spiro atoms. The van der Waals surface area contributed by atoms with E-state index in [1.54, 1.807) is 0 Å². The Morgan fingerprint density at radius 1 is 0.627 bits per heavy atom. The van der Waals surface area contributed by atoms with Gasteiger partial charge in [0.15, 0.2) is 0 Å². The third kappa shape index (κ3) is 8.88. The highest BCUT2D eigenvalue weighted by molar-refractivity contribution is 5.12. The molecule has 0 N–H and O–H groups in total. The van der Waals surface area contributed by atoms with Crippen molar-refractivity contribution >= 4 is 0 Å². The van der Waals surface area contributed by atoms with Gasteiger partial charge in [0.05, 0.1) is 83.4 Å². The normalized spacial score (nSPS) is 43.4. The monoisotopic (exact) mass is 721 g/mol. The fourth-order valence-electron chi connectivity index (χ4n) is 10.0. The standard InChI is InChI=1S/C42H72O9/c1-10-43-22-11-23-45-38(6,17-14-31-36(2,3)47-31)30-13-19-42(34(27-30)51-42)21-20-41(9)35(50-41)28-44-24-25-46-39(7,18-15-32-37(4,5)48-32)29-12-16-40(8)33(26-29)49-40/h29-35H,10-28H2,1-9H3. The van der Waals surface area contributed by atoms with Crippen molar-refractivity contribution in [3.63, 3.8) is 0 Å². The highest BCUT2D eigenvalue weighted by Gasteiger charge is 2.63. The lowest BCUT2D eigenvalue weighted by Crippen LogP contribution is -2.43. The van der Waals surface area contributed by atoms with Gasteiger partial charge in [0.2, 0.25) is 0 Å². The lowest BCUT2D eigenvalue weighted by molar-refractivity contribution is -0.105. The van der Waals surface area contributed by atoms with Gasteiger partial charge < -0.3 is 42.6 Å². The Kier molecular flexibility index (Phi) is 10.9. The molecule has 0 aromatic heterocycles. The topological polar surface area (TPSA) is 99.6 Å². The molecule has 9 heteroatoms. The van der Waals surface area contributed by atoms with Gasteiger partial charge in [0.25, 0.3) is 0 Å². The Labute approximate surface area is 309 Å². The fraction of sp³-hybridized carbons (Fsp3) is 1.00. The highest BCUT2D eigenvalue weighted by Crippen LogP contribution is 2.58. The van der Waals surface area contributed by atoms with E-state index in [9.17, 15) is 0 Å². The van der Waals surface area contributed by atoms with E-state index in [2.05, 4.69) is 55.4 Å². The minimum atomic E-state index is -0.182. The zero-order chi connectivity index (χ0) is 36.3. The predicted octanol–water partition coefficient (Wildman–Crippen LogP) is 7.73. The van der Waals surface area contributed by atoms with Gasteiger partial charge in [-0.3, -0.25) is 0 Å². The summed E-state index contributed by atoms with van der Waals surface area (Å²) >= 11 is 0. The number of ether oxygens (including phenoxy) is 9. The van der Waals surface area contributed by atoms with Crippen LogP contribution in [0.15, 0.2) is 0 Å². The van der Waals surface area contributed by atoms with Gasteiger partial charge in [0.1, 0.15) is 6.10 Å².